The van der Waals surface area contributed by atoms with Crippen LogP contribution in [0.3, 0.4) is 0 Å². The summed E-state index contributed by atoms with van der Waals surface area (Å²) in [7, 11) is 1.70. The second-order valence-electron chi connectivity index (χ2n) is 7.58. The topological polar surface area (TPSA) is 52.1 Å². The van der Waals surface area contributed by atoms with Crippen molar-refractivity contribution in [3.63, 3.8) is 0 Å². The molecule has 0 aromatic heterocycles. The number of piperazine rings is 1. The van der Waals surface area contributed by atoms with Crippen molar-refractivity contribution in [2.45, 2.75) is 27.2 Å². The molecule has 0 saturated carbocycles. The summed E-state index contributed by atoms with van der Waals surface area (Å²) in [5.41, 5.74) is 1.30. The second-order valence-corrected chi connectivity index (χ2v) is 7.58. The molecule has 1 unspecified atom stereocenters. The van der Waals surface area contributed by atoms with E-state index in [1.807, 2.05) is 12.1 Å². The summed E-state index contributed by atoms with van der Waals surface area (Å²) < 4.78 is 5.21. The van der Waals surface area contributed by atoms with Crippen molar-refractivity contribution < 1.29 is 4.74 Å². The predicted molar refractivity (Wildman–Crippen MR) is 118 cm³/mol. The standard InChI is InChI=1S/C22H39N5O/c1-5-23-22(24-12-11-20-7-9-21(28-4)10-8-20)25-17-19(3)18-27-15-13-26(6-2)14-16-27/h7-10,19H,5-6,11-18H2,1-4H3,(H2,23,24,25). The molecule has 6 heteroatoms. The Balaban J connectivity index is 1.72. The normalized spacial score (nSPS) is 17.4. The summed E-state index contributed by atoms with van der Waals surface area (Å²) in [5, 5.41) is 6.82. The molecule has 0 bridgehead atoms. The average Bonchev–Trinajstić information content (AvgIpc) is 2.73. The van der Waals surface area contributed by atoms with Crippen LogP contribution in [0.15, 0.2) is 29.3 Å². The van der Waals surface area contributed by atoms with Gasteiger partial charge >= 0.3 is 0 Å². The van der Waals surface area contributed by atoms with Gasteiger partial charge in [-0.05, 0) is 43.5 Å². The third-order valence-corrected chi connectivity index (χ3v) is 5.25. The van der Waals surface area contributed by atoms with E-state index in [0.29, 0.717) is 5.92 Å². The fourth-order valence-corrected chi connectivity index (χ4v) is 3.49. The number of hydrogen-bond acceptors (Lipinski definition) is 4. The maximum atomic E-state index is 5.21. The zero-order valence-electron chi connectivity index (χ0n) is 18.2. The maximum absolute atomic E-state index is 5.21. The Labute approximate surface area is 171 Å². The van der Waals surface area contributed by atoms with Crippen molar-refractivity contribution in [2.24, 2.45) is 10.9 Å². The first-order chi connectivity index (χ1) is 13.6. The lowest BCUT2D eigenvalue weighted by molar-refractivity contribution is 0.125. The fourth-order valence-electron chi connectivity index (χ4n) is 3.49. The van der Waals surface area contributed by atoms with Crippen LogP contribution in [0.25, 0.3) is 0 Å². The van der Waals surface area contributed by atoms with Gasteiger partial charge in [0.05, 0.1) is 7.11 Å². The van der Waals surface area contributed by atoms with Crippen molar-refractivity contribution in [1.82, 2.24) is 20.4 Å². The SMILES string of the molecule is CCNC(=NCC(C)CN1CCN(CC)CC1)NCCc1ccc(OC)cc1. The first-order valence-electron chi connectivity index (χ1n) is 10.7. The second kappa shape index (κ2) is 12.6. The first-order valence-corrected chi connectivity index (χ1v) is 10.7. The van der Waals surface area contributed by atoms with Gasteiger partial charge in [-0.25, -0.2) is 0 Å². The van der Waals surface area contributed by atoms with Gasteiger partial charge in [-0.2, -0.15) is 0 Å². The summed E-state index contributed by atoms with van der Waals surface area (Å²) in [6.07, 6.45) is 0.964. The Hall–Kier alpha value is -1.79. The highest BCUT2D eigenvalue weighted by molar-refractivity contribution is 5.79. The molecule has 1 aliphatic heterocycles. The highest BCUT2D eigenvalue weighted by atomic mass is 16.5. The van der Waals surface area contributed by atoms with Crippen LogP contribution >= 0.6 is 0 Å². The average molecular weight is 390 g/mol. The van der Waals surface area contributed by atoms with Crippen LogP contribution in [-0.2, 0) is 6.42 Å². The van der Waals surface area contributed by atoms with Crippen molar-refractivity contribution in [3.05, 3.63) is 29.8 Å². The van der Waals surface area contributed by atoms with E-state index in [0.717, 1.165) is 44.3 Å². The Morgan fingerprint density at radius 3 is 2.36 bits per heavy atom. The van der Waals surface area contributed by atoms with Gasteiger partial charge in [0.25, 0.3) is 0 Å². The number of guanidine groups is 1. The highest BCUT2D eigenvalue weighted by Crippen LogP contribution is 2.11. The van der Waals surface area contributed by atoms with E-state index in [1.165, 1.54) is 38.3 Å². The summed E-state index contributed by atoms with van der Waals surface area (Å²) >= 11 is 0. The Kier molecular flexibility index (Phi) is 10.1. The van der Waals surface area contributed by atoms with E-state index in [9.17, 15) is 0 Å². The zero-order chi connectivity index (χ0) is 20.2. The number of hydrogen-bond donors (Lipinski definition) is 2. The van der Waals surface area contributed by atoms with Gasteiger partial charge in [-0.15, -0.1) is 0 Å². The van der Waals surface area contributed by atoms with Crippen LogP contribution in [0, 0.1) is 5.92 Å². The summed E-state index contributed by atoms with van der Waals surface area (Å²) in [4.78, 5) is 9.91. The van der Waals surface area contributed by atoms with Crippen molar-refractivity contribution in [3.8, 4) is 5.75 Å². The van der Waals surface area contributed by atoms with Gasteiger partial charge < -0.3 is 25.2 Å². The number of nitrogens with one attached hydrogen (secondary N) is 2. The first kappa shape index (κ1) is 22.5. The van der Waals surface area contributed by atoms with Crippen LogP contribution in [0.5, 0.6) is 5.75 Å². The lowest BCUT2D eigenvalue weighted by Crippen LogP contribution is -2.47. The van der Waals surface area contributed by atoms with E-state index in [1.54, 1.807) is 7.11 Å². The fraction of sp³-hybridized carbons (Fsp3) is 0.682. The lowest BCUT2D eigenvalue weighted by Gasteiger charge is -2.35. The molecule has 158 valence electrons. The Morgan fingerprint density at radius 1 is 1.07 bits per heavy atom. The van der Waals surface area contributed by atoms with E-state index in [2.05, 4.69) is 53.3 Å². The molecular weight excluding hydrogens is 350 g/mol. The monoisotopic (exact) mass is 389 g/mol. The van der Waals surface area contributed by atoms with E-state index >= 15 is 0 Å². The van der Waals surface area contributed by atoms with Crippen LogP contribution < -0.4 is 15.4 Å². The smallest absolute Gasteiger partial charge is 0.191 e. The number of rotatable bonds is 10. The van der Waals surface area contributed by atoms with Gasteiger partial charge in [0.1, 0.15) is 5.75 Å². The number of benzene rings is 1. The third kappa shape index (κ3) is 8.07. The molecule has 6 nitrogen and oxygen atoms in total. The zero-order valence-corrected chi connectivity index (χ0v) is 18.2. The van der Waals surface area contributed by atoms with Gasteiger partial charge in [0.15, 0.2) is 5.96 Å². The number of ether oxygens (including phenoxy) is 1. The molecular formula is C22H39N5O. The molecule has 1 fully saturated rings. The highest BCUT2D eigenvalue weighted by Gasteiger charge is 2.17. The van der Waals surface area contributed by atoms with Gasteiger partial charge in [0.2, 0.25) is 0 Å². The molecule has 2 N–H and O–H groups in total. The minimum atomic E-state index is 0.560. The lowest BCUT2D eigenvalue weighted by atomic mass is 10.1. The molecule has 0 radical (unpaired) electrons. The van der Waals surface area contributed by atoms with Gasteiger partial charge in [0, 0.05) is 52.4 Å². The predicted octanol–water partition coefficient (Wildman–Crippen LogP) is 2.07. The quantitative estimate of drug-likeness (QED) is 0.474. The van der Waals surface area contributed by atoms with Crippen molar-refractivity contribution in [2.75, 3.05) is 66.0 Å². The van der Waals surface area contributed by atoms with Crippen LogP contribution in [0.4, 0.5) is 0 Å². The number of likely N-dealkylation sites (N-methyl/N-ethyl adjacent to an activating group) is 1. The molecule has 1 saturated heterocycles. The Morgan fingerprint density at radius 2 is 1.75 bits per heavy atom. The maximum Gasteiger partial charge on any atom is 0.191 e. The van der Waals surface area contributed by atoms with E-state index in [4.69, 9.17) is 9.73 Å². The molecule has 28 heavy (non-hydrogen) atoms. The molecule has 2 rings (SSSR count). The molecule has 1 heterocycles. The summed E-state index contributed by atoms with van der Waals surface area (Å²) in [5.74, 6) is 2.38. The van der Waals surface area contributed by atoms with Crippen LogP contribution in [0.2, 0.25) is 0 Å². The molecule has 0 spiro atoms. The van der Waals surface area contributed by atoms with E-state index in [-0.39, 0.29) is 0 Å². The number of methoxy groups -OCH3 is 1. The minimum Gasteiger partial charge on any atom is -0.497 e. The molecule has 1 aromatic carbocycles. The number of aliphatic imine (C=N–C) groups is 1. The van der Waals surface area contributed by atoms with Crippen LogP contribution in [-0.4, -0.2) is 81.8 Å². The largest absolute Gasteiger partial charge is 0.497 e. The van der Waals surface area contributed by atoms with Crippen molar-refractivity contribution >= 4 is 5.96 Å². The molecule has 0 amide bonds. The molecule has 1 aliphatic rings. The van der Waals surface area contributed by atoms with Crippen molar-refractivity contribution in [1.29, 1.82) is 0 Å². The van der Waals surface area contributed by atoms with Gasteiger partial charge in [-0.3, -0.25) is 4.99 Å². The summed E-state index contributed by atoms with van der Waals surface area (Å²) in [6.45, 7) is 16.3. The summed E-state index contributed by atoms with van der Waals surface area (Å²) in [6, 6.07) is 8.25. The number of nitrogens with zero attached hydrogens (tertiary/aromatic N) is 3. The third-order valence-electron chi connectivity index (χ3n) is 5.25. The molecule has 1 atom stereocenters. The molecule has 1 aromatic rings. The minimum absolute atomic E-state index is 0.560. The molecule has 0 aliphatic carbocycles. The van der Waals surface area contributed by atoms with E-state index < -0.39 is 0 Å². The van der Waals surface area contributed by atoms with Crippen LogP contribution in [0.1, 0.15) is 26.3 Å². The Bertz CT molecular complexity index is 567. The van der Waals surface area contributed by atoms with Gasteiger partial charge in [-0.1, -0.05) is 26.0 Å².